The molecule has 0 bridgehead atoms. The first-order valence-electron chi connectivity index (χ1n) is 9.84. The van der Waals surface area contributed by atoms with Crippen LogP contribution in [0.1, 0.15) is 11.4 Å². The lowest BCUT2D eigenvalue weighted by atomic mass is 10.1. The van der Waals surface area contributed by atoms with Crippen molar-refractivity contribution in [2.24, 2.45) is 0 Å². The van der Waals surface area contributed by atoms with Crippen molar-refractivity contribution >= 4 is 34.3 Å². The van der Waals surface area contributed by atoms with Gasteiger partial charge >= 0.3 is 0 Å². The monoisotopic (exact) mass is 426 g/mol. The van der Waals surface area contributed by atoms with E-state index in [1.165, 1.54) is 17.8 Å². The number of fused-ring (bicyclic) bond motifs is 1. The molecule has 1 N–H and O–H groups in total. The molecule has 0 aliphatic carbocycles. The Morgan fingerprint density at radius 3 is 2.80 bits per heavy atom. The molecule has 1 aromatic heterocycles. The van der Waals surface area contributed by atoms with E-state index in [-0.39, 0.29) is 24.0 Å². The molecule has 1 aliphatic rings. The summed E-state index contributed by atoms with van der Waals surface area (Å²) in [7, 11) is 0. The Kier molecular flexibility index (Phi) is 6.44. The number of para-hydroxylation sites is 1. The molecule has 156 valence electrons. The second-order valence-electron chi connectivity index (χ2n) is 7.04. The lowest BCUT2D eigenvalue weighted by Gasteiger charge is -2.29. The predicted octanol–water partition coefficient (Wildman–Crippen LogP) is 3.32. The maximum atomic E-state index is 14.5. The maximum Gasteiger partial charge on any atom is 0.230 e. The first kappa shape index (κ1) is 20.6. The molecule has 30 heavy (non-hydrogen) atoms. The standard InChI is InChI=1S/C22H23FN4O2S/c1-15-25-19-5-3-2-4-17(19)22(26-15)30-14-21(28)24-13-16-6-7-20(18(23)12-16)27-8-10-29-11-9-27/h2-7,12H,8-11,13-14H2,1H3,(H,24,28). The zero-order valence-corrected chi connectivity index (χ0v) is 17.5. The first-order chi connectivity index (χ1) is 14.6. The number of aromatic nitrogens is 2. The first-order valence-corrected chi connectivity index (χ1v) is 10.8. The van der Waals surface area contributed by atoms with Crippen LogP contribution in [-0.4, -0.2) is 47.9 Å². The molecule has 0 saturated carbocycles. The number of nitrogens with one attached hydrogen (secondary N) is 1. The van der Waals surface area contributed by atoms with Crippen molar-refractivity contribution in [3.8, 4) is 0 Å². The topological polar surface area (TPSA) is 67.4 Å². The highest BCUT2D eigenvalue weighted by atomic mass is 32.2. The van der Waals surface area contributed by atoms with E-state index in [1.54, 1.807) is 6.07 Å². The largest absolute Gasteiger partial charge is 0.378 e. The Morgan fingerprint density at radius 1 is 1.20 bits per heavy atom. The highest BCUT2D eigenvalue weighted by Gasteiger charge is 2.15. The molecule has 2 aromatic carbocycles. The zero-order valence-electron chi connectivity index (χ0n) is 16.7. The van der Waals surface area contributed by atoms with Crippen LogP contribution in [0.2, 0.25) is 0 Å². The Balaban J connectivity index is 1.34. The summed E-state index contributed by atoms with van der Waals surface area (Å²) >= 11 is 1.38. The molecule has 4 rings (SSSR count). The van der Waals surface area contributed by atoms with Crippen LogP contribution in [0.15, 0.2) is 47.5 Å². The lowest BCUT2D eigenvalue weighted by Crippen LogP contribution is -2.36. The molecule has 1 fully saturated rings. The van der Waals surface area contributed by atoms with Crippen LogP contribution in [0.5, 0.6) is 0 Å². The number of halogens is 1. The lowest BCUT2D eigenvalue weighted by molar-refractivity contribution is -0.118. The minimum absolute atomic E-state index is 0.127. The van der Waals surface area contributed by atoms with Gasteiger partial charge in [0.1, 0.15) is 16.7 Å². The zero-order chi connectivity index (χ0) is 20.9. The van der Waals surface area contributed by atoms with Crippen LogP contribution in [0.3, 0.4) is 0 Å². The highest BCUT2D eigenvalue weighted by Crippen LogP contribution is 2.25. The van der Waals surface area contributed by atoms with E-state index in [0.717, 1.165) is 21.5 Å². The van der Waals surface area contributed by atoms with Gasteiger partial charge in [0.25, 0.3) is 0 Å². The summed E-state index contributed by atoms with van der Waals surface area (Å²) in [6, 6.07) is 12.9. The number of anilines is 1. The van der Waals surface area contributed by atoms with Gasteiger partial charge in [-0.05, 0) is 30.7 Å². The van der Waals surface area contributed by atoms with Gasteiger partial charge in [-0.2, -0.15) is 0 Å². The Hall–Kier alpha value is -2.71. The highest BCUT2D eigenvalue weighted by molar-refractivity contribution is 8.00. The number of morpholine rings is 1. The fourth-order valence-electron chi connectivity index (χ4n) is 3.38. The van der Waals surface area contributed by atoms with Gasteiger partial charge in [-0.25, -0.2) is 14.4 Å². The number of benzene rings is 2. The molecule has 1 aliphatic heterocycles. The number of thioether (sulfide) groups is 1. The van der Waals surface area contributed by atoms with Crippen molar-refractivity contribution in [2.75, 3.05) is 37.0 Å². The van der Waals surface area contributed by atoms with Gasteiger partial charge in [0, 0.05) is 25.0 Å². The number of ether oxygens (including phenoxy) is 1. The van der Waals surface area contributed by atoms with Crippen LogP contribution in [0.4, 0.5) is 10.1 Å². The number of aryl methyl sites for hydroxylation is 1. The molecule has 1 saturated heterocycles. The van der Waals surface area contributed by atoms with Crippen LogP contribution in [-0.2, 0) is 16.1 Å². The normalized spacial score (nSPS) is 14.1. The van der Waals surface area contributed by atoms with E-state index in [1.807, 2.05) is 42.2 Å². The number of nitrogens with zero attached hydrogens (tertiary/aromatic N) is 3. The van der Waals surface area contributed by atoms with Gasteiger partial charge in [0.15, 0.2) is 0 Å². The Morgan fingerprint density at radius 2 is 2.00 bits per heavy atom. The van der Waals surface area contributed by atoms with Gasteiger partial charge in [0.2, 0.25) is 5.91 Å². The number of amides is 1. The third-order valence-electron chi connectivity index (χ3n) is 4.87. The second kappa shape index (κ2) is 9.40. The van der Waals surface area contributed by atoms with Gasteiger partial charge in [-0.3, -0.25) is 4.79 Å². The molecule has 6 nitrogen and oxygen atoms in total. The van der Waals surface area contributed by atoms with Gasteiger partial charge in [-0.15, -0.1) is 0 Å². The van der Waals surface area contributed by atoms with Crippen LogP contribution >= 0.6 is 11.8 Å². The number of hydrogen-bond donors (Lipinski definition) is 1. The number of rotatable bonds is 6. The summed E-state index contributed by atoms with van der Waals surface area (Å²) < 4.78 is 19.8. The molecule has 3 aromatic rings. The summed E-state index contributed by atoms with van der Waals surface area (Å²) in [6.45, 7) is 4.70. The molecular weight excluding hydrogens is 403 g/mol. The summed E-state index contributed by atoms with van der Waals surface area (Å²) in [4.78, 5) is 23.2. The van der Waals surface area contributed by atoms with E-state index >= 15 is 0 Å². The minimum Gasteiger partial charge on any atom is -0.378 e. The molecule has 0 radical (unpaired) electrons. The van der Waals surface area contributed by atoms with Crippen LogP contribution in [0, 0.1) is 12.7 Å². The summed E-state index contributed by atoms with van der Waals surface area (Å²) in [5, 5.41) is 4.57. The molecule has 0 atom stereocenters. The molecular formula is C22H23FN4O2S. The van der Waals surface area contributed by atoms with E-state index in [0.29, 0.717) is 37.8 Å². The fourth-order valence-corrected chi connectivity index (χ4v) is 4.27. The van der Waals surface area contributed by atoms with Crippen molar-refractivity contribution in [2.45, 2.75) is 18.5 Å². The minimum atomic E-state index is -0.277. The number of hydrogen-bond acceptors (Lipinski definition) is 6. The van der Waals surface area contributed by atoms with Crippen molar-refractivity contribution in [3.05, 3.63) is 59.7 Å². The predicted molar refractivity (Wildman–Crippen MR) is 116 cm³/mol. The molecule has 1 amide bonds. The molecule has 0 spiro atoms. The molecule has 8 heteroatoms. The summed E-state index contributed by atoms with van der Waals surface area (Å²) in [5.41, 5.74) is 2.17. The quantitative estimate of drug-likeness (QED) is 0.482. The van der Waals surface area contributed by atoms with Crippen molar-refractivity contribution in [3.63, 3.8) is 0 Å². The SMILES string of the molecule is Cc1nc(SCC(=O)NCc2ccc(N3CCOCC3)c(F)c2)c2ccccc2n1. The van der Waals surface area contributed by atoms with Crippen LogP contribution in [0.25, 0.3) is 10.9 Å². The van der Waals surface area contributed by atoms with E-state index in [9.17, 15) is 9.18 Å². The molecule has 2 heterocycles. The van der Waals surface area contributed by atoms with E-state index < -0.39 is 0 Å². The Bertz CT molecular complexity index is 1060. The fraction of sp³-hybridized carbons (Fsp3) is 0.318. The van der Waals surface area contributed by atoms with Gasteiger partial charge in [-0.1, -0.05) is 36.0 Å². The summed E-state index contributed by atoms with van der Waals surface area (Å²) in [6.07, 6.45) is 0. The summed E-state index contributed by atoms with van der Waals surface area (Å²) in [5.74, 6) is 0.501. The van der Waals surface area contributed by atoms with E-state index in [2.05, 4.69) is 15.3 Å². The smallest absolute Gasteiger partial charge is 0.230 e. The number of carbonyl (C=O) groups excluding carboxylic acids is 1. The van der Waals surface area contributed by atoms with E-state index in [4.69, 9.17) is 4.74 Å². The third kappa shape index (κ3) is 4.88. The van der Waals surface area contributed by atoms with Crippen LogP contribution < -0.4 is 10.2 Å². The molecule has 0 unspecified atom stereocenters. The van der Waals surface area contributed by atoms with Gasteiger partial charge in [0.05, 0.1) is 30.2 Å². The number of carbonyl (C=O) groups is 1. The Labute approximate surface area is 178 Å². The van der Waals surface area contributed by atoms with Gasteiger partial charge < -0.3 is 15.0 Å². The van der Waals surface area contributed by atoms with Crippen molar-refractivity contribution in [1.29, 1.82) is 0 Å². The maximum absolute atomic E-state index is 14.5. The van der Waals surface area contributed by atoms with Crippen molar-refractivity contribution in [1.82, 2.24) is 15.3 Å². The average Bonchev–Trinajstić information content (AvgIpc) is 2.76. The third-order valence-corrected chi connectivity index (χ3v) is 5.86. The average molecular weight is 427 g/mol. The van der Waals surface area contributed by atoms with Crippen molar-refractivity contribution < 1.29 is 13.9 Å². The second-order valence-corrected chi connectivity index (χ2v) is 8.01.